The van der Waals surface area contributed by atoms with Crippen LogP contribution in [0, 0.1) is 0 Å². The van der Waals surface area contributed by atoms with Gasteiger partial charge in [-0.3, -0.25) is 4.79 Å². The molecule has 0 atom stereocenters. The second kappa shape index (κ2) is 5.27. The molecule has 0 aromatic rings. The molecule has 0 fully saturated rings. The van der Waals surface area contributed by atoms with Gasteiger partial charge < -0.3 is 4.74 Å². The first-order valence-electron chi connectivity index (χ1n) is 4.48. The highest BCUT2D eigenvalue weighted by molar-refractivity contribution is 6.01. The lowest BCUT2D eigenvalue weighted by molar-refractivity contribution is -0.267. The summed E-state index contributed by atoms with van der Waals surface area (Å²) in [5, 5.41) is 0. The van der Waals surface area contributed by atoms with E-state index in [0.29, 0.717) is 6.26 Å². The summed E-state index contributed by atoms with van der Waals surface area (Å²) in [6.07, 6.45) is -5.50. The van der Waals surface area contributed by atoms with Crippen LogP contribution in [0.5, 0.6) is 0 Å². The van der Waals surface area contributed by atoms with Gasteiger partial charge in [-0.05, 0) is 13.3 Å². The van der Waals surface area contributed by atoms with Crippen molar-refractivity contribution in [2.75, 3.05) is 6.61 Å². The van der Waals surface area contributed by atoms with E-state index in [9.17, 15) is 26.7 Å². The summed E-state index contributed by atoms with van der Waals surface area (Å²) in [5.41, 5.74) is -0.691. The minimum absolute atomic E-state index is 0.0777. The first kappa shape index (κ1) is 14.9. The van der Waals surface area contributed by atoms with Gasteiger partial charge in [-0.1, -0.05) is 6.92 Å². The van der Waals surface area contributed by atoms with Crippen LogP contribution < -0.4 is 0 Å². The Bertz CT molecular complexity index is 280. The second-order valence-electron chi connectivity index (χ2n) is 2.85. The predicted octanol–water partition coefficient (Wildman–Crippen LogP) is 3.08. The van der Waals surface area contributed by atoms with Crippen LogP contribution in [0.1, 0.15) is 20.3 Å². The van der Waals surface area contributed by atoms with E-state index < -0.39 is 23.5 Å². The average Bonchev–Trinajstić information content (AvgIpc) is 2.16. The molecule has 0 aromatic heterocycles. The van der Waals surface area contributed by atoms with Gasteiger partial charge >= 0.3 is 12.1 Å². The van der Waals surface area contributed by atoms with Crippen molar-refractivity contribution in [2.45, 2.75) is 32.4 Å². The number of ketones is 1. The van der Waals surface area contributed by atoms with Gasteiger partial charge in [0.05, 0.1) is 12.9 Å². The minimum Gasteiger partial charge on any atom is -0.501 e. The summed E-state index contributed by atoms with van der Waals surface area (Å²) < 4.78 is 65.4. The van der Waals surface area contributed by atoms with Gasteiger partial charge in [-0.2, -0.15) is 22.0 Å². The maximum absolute atomic E-state index is 12.6. The van der Waals surface area contributed by atoms with Crippen LogP contribution in [-0.2, 0) is 9.53 Å². The van der Waals surface area contributed by atoms with Gasteiger partial charge in [0.15, 0.2) is 0 Å². The van der Waals surface area contributed by atoms with Gasteiger partial charge in [0, 0.05) is 5.57 Å². The molecule has 0 aliphatic heterocycles. The van der Waals surface area contributed by atoms with E-state index in [-0.39, 0.29) is 13.0 Å². The second-order valence-corrected chi connectivity index (χ2v) is 2.85. The van der Waals surface area contributed by atoms with Crippen LogP contribution in [-0.4, -0.2) is 24.5 Å². The van der Waals surface area contributed by atoms with Gasteiger partial charge in [0.2, 0.25) is 5.78 Å². The Labute approximate surface area is 89.1 Å². The first-order chi connectivity index (χ1) is 7.18. The Morgan fingerprint density at radius 1 is 1.19 bits per heavy atom. The fraction of sp³-hybridized carbons (Fsp3) is 0.667. The molecular weight excluding hydrogens is 235 g/mol. The molecule has 0 spiro atoms. The Morgan fingerprint density at radius 2 is 1.69 bits per heavy atom. The fourth-order valence-corrected chi connectivity index (χ4v) is 0.812. The summed E-state index contributed by atoms with van der Waals surface area (Å²) in [7, 11) is 0. The number of hydrogen-bond donors (Lipinski definition) is 0. The summed E-state index contributed by atoms with van der Waals surface area (Å²) in [4.78, 5) is 10.9. The SMILES string of the molecule is CCO/C=C(/CC)C(=O)C(F)(F)C(F)(F)F. The quantitative estimate of drug-likeness (QED) is 0.423. The largest absolute Gasteiger partial charge is 0.501 e. The van der Waals surface area contributed by atoms with Crippen molar-refractivity contribution in [3.63, 3.8) is 0 Å². The molecule has 0 radical (unpaired) electrons. The molecule has 0 N–H and O–H groups in total. The molecular formula is C9H11F5O2. The van der Waals surface area contributed by atoms with E-state index in [1.165, 1.54) is 13.8 Å². The number of hydrogen-bond acceptors (Lipinski definition) is 2. The summed E-state index contributed by atoms with van der Waals surface area (Å²) in [6.45, 7) is 2.87. The van der Waals surface area contributed by atoms with Gasteiger partial charge in [0.1, 0.15) is 0 Å². The summed E-state index contributed by atoms with van der Waals surface area (Å²) in [6, 6.07) is 0. The van der Waals surface area contributed by atoms with Crippen molar-refractivity contribution < 1.29 is 31.5 Å². The average molecular weight is 246 g/mol. The summed E-state index contributed by atoms with van der Waals surface area (Å²) >= 11 is 0. The highest BCUT2D eigenvalue weighted by Crippen LogP contribution is 2.38. The third-order valence-corrected chi connectivity index (χ3v) is 1.71. The summed E-state index contributed by atoms with van der Waals surface area (Å²) in [5.74, 6) is -7.64. The van der Waals surface area contributed by atoms with Crippen molar-refractivity contribution in [1.82, 2.24) is 0 Å². The highest BCUT2D eigenvalue weighted by Gasteiger charge is 2.63. The Balaban J connectivity index is 5.03. The van der Waals surface area contributed by atoms with E-state index in [2.05, 4.69) is 4.74 Å². The Kier molecular flexibility index (Phi) is 4.89. The lowest BCUT2D eigenvalue weighted by Crippen LogP contribution is -2.44. The van der Waals surface area contributed by atoms with E-state index >= 15 is 0 Å². The smallest absolute Gasteiger partial charge is 0.461 e. The van der Waals surface area contributed by atoms with Crippen LogP contribution in [0.3, 0.4) is 0 Å². The molecule has 94 valence electrons. The number of carbonyl (C=O) groups is 1. The Hall–Kier alpha value is -1.14. The molecule has 0 aromatic carbocycles. The van der Waals surface area contributed by atoms with E-state index in [1.807, 2.05) is 0 Å². The third-order valence-electron chi connectivity index (χ3n) is 1.71. The molecule has 0 rings (SSSR count). The molecule has 0 bridgehead atoms. The van der Waals surface area contributed by atoms with Crippen LogP contribution >= 0.6 is 0 Å². The molecule has 2 nitrogen and oxygen atoms in total. The van der Waals surface area contributed by atoms with Crippen LogP contribution in [0.25, 0.3) is 0 Å². The molecule has 16 heavy (non-hydrogen) atoms. The molecule has 0 aliphatic carbocycles. The fourth-order valence-electron chi connectivity index (χ4n) is 0.812. The zero-order valence-corrected chi connectivity index (χ0v) is 8.70. The van der Waals surface area contributed by atoms with Crippen molar-refractivity contribution in [3.8, 4) is 0 Å². The molecule has 0 saturated heterocycles. The number of alkyl halides is 5. The first-order valence-corrected chi connectivity index (χ1v) is 4.48. The molecule has 0 amide bonds. The maximum Gasteiger partial charge on any atom is 0.461 e. The zero-order chi connectivity index (χ0) is 13.0. The van der Waals surface area contributed by atoms with Crippen molar-refractivity contribution >= 4 is 5.78 Å². The predicted molar refractivity (Wildman–Crippen MR) is 46.0 cm³/mol. The molecule has 0 saturated carbocycles. The molecule has 0 unspecified atom stereocenters. The van der Waals surface area contributed by atoms with Gasteiger partial charge in [0.25, 0.3) is 0 Å². The zero-order valence-electron chi connectivity index (χ0n) is 8.70. The lowest BCUT2D eigenvalue weighted by atomic mass is 10.0. The van der Waals surface area contributed by atoms with Crippen LogP contribution in [0.15, 0.2) is 11.8 Å². The van der Waals surface area contributed by atoms with Crippen LogP contribution in [0.4, 0.5) is 22.0 Å². The van der Waals surface area contributed by atoms with E-state index in [1.54, 1.807) is 0 Å². The maximum atomic E-state index is 12.6. The lowest BCUT2D eigenvalue weighted by Gasteiger charge is -2.18. The number of ether oxygens (including phenoxy) is 1. The number of carbonyl (C=O) groups excluding carboxylic acids is 1. The van der Waals surface area contributed by atoms with Gasteiger partial charge in [-0.25, -0.2) is 0 Å². The topological polar surface area (TPSA) is 26.3 Å². The third kappa shape index (κ3) is 3.18. The number of allylic oxidation sites excluding steroid dienone is 1. The van der Waals surface area contributed by atoms with Crippen molar-refractivity contribution in [3.05, 3.63) is 11.8 Å². The van der Waals surface area contributed by atoms with E-state index in [0.717, 1.165) is 0 Å². The van der Waals surface area contributed by atoms with Crippen molar-refractivity contribution in [1.29, 1.82) is 0 Å². The van der Waals surface area contributed by atoms with Crippen LogP contribution in [0.2, 0.25) is 0 Å². The Morgan fingerprint density at radius 3 is 2.00 bits per heavy atom. The van der Waals surface area contributed by atoms with E-state index in [4.69, 9.17) is 0 Å². The monoisotopic (exact) mass is 246 g/mol. The number of Topliss-reactive ketones (excluding diaryl/α,β-unsaturated/α-hetero) is 1. The molecule has 0 heterocycles. The standard InChI is InChI=1S/C9H11F5O2/c1-3-6(5-16-4-2)7(15)8(10,11)9(12,13)14/h5H,3-4H2,1-2H3/b6-5-. The van der Waals surface area contributed by atoms with Crippen molar-refractivity contribution in [2.24, 2.45) is 0 Å². The number of halogens is 5. The normalized spacial score (nSPS) is 13.8. The molecule has 7 heteroatoms. The molecule has 0 aliphatic rings. The highest BCUT2D eigenvalue weighted by atomic mass is 19.4. The minimum atomic E-state index is -5.88. The number of rotatable bonds is 5. The van der Waals surface area contributed by atoms with Gasteiger partial charge in [-0.15, -0.1) is 0 Å².